The highest BCUT2D eigenvalue weighted by Crippen LogP contribution is 2.41. The molecule has 42 heavy (non-hydrogen) atoms. The Morgan fingerprint density at radius 2 is 0.643 bits per heavy atom. The fourth-order valence-corrected chi connectivity index (χ4v) is 6.82. The van der Waals surface area contributed by atoms with E-state index in [4.69, 9.17) is 0 Å². The first kappa shape index (κ1) is 26.7. The lowest BCUT2D eigenvalue weighted by Crippen LogP contribution is -2.11. The van der Waals surface area contributed by atoms with Crippen molar-refractivity contribution in [1.82, 2.24) is 0 Å². The molecule has 0 heteroatoms. The van der Waals surface area contributed by atoms with Crippen LogP contribution in [0, 0.1) is 13.8 Å². The molecule has 7 aromatic carbocycles. The van der Waals surface area contributed by atoms with Crippen molar-refractivity contribution in [3.8, 4) is 0 Å². The van der Waals surface area contributed by atoms with Crippen molar-refractivity contribution < 1.29 is 0 Å². The molecule has 4 bridgehead atoms. The van der Waals surface area contributed by atoms with Gasteiger partial charge in [0.1, 0.15) is 0 Å². The monoisotopic (exact) mass is 544 g/mol. The third-order valence-electron chi connectivity index (χ3n) is 9.53. The van der Waals surface area contributed by atoms with E-state index in [1.54, 1.807) is 0 Å². The summed E-state index contributed by atoms with van der Waals surface area (Å²) in [6, 6.07) is 37.3. The van der Waals surface area contributed by atoms with E-state index in [1.807, 2.05) is 0 Å². The summed E-state index contributed by atoms with van der Waals surface area (Å²) < 4.78 is 0. The van der Waals surface area contributed by atoms with E-state index in [-0.39, 0.29) is 10.8 Å². The number of aryl methyl sites for hydroxylation is 2. The van der Waals surface area contributed by atoms with E-state index in [9.17, 15) is 0 Å². The van der Waals surface area contributed by atoms with Gasteiger partial charge >= 0.3 is 0 Å². The smallest absolute Gasteiger partial charge is 0.00923 e. The summed E-state index contributed by atoms with van der Waals surface area (Å²) in [5, 5.41) is 15.8. The quantitative estimate of drug-likeness (QED) is 0.167. The van der Waals surface area contributed by atoms with Crippen molar-refractivity contribution >= 4 is 64.6 Å². The molecule has 0 nitrogen and oxygen atoms in total. The van der Waals surface area contributed by atoms with Crippen LogP contribution in [-0.2, 0) is 10.8 Å². The molecule has 0 fully saturated rings. The molecule has 208 valence electrons. The second-order valence-electron chi connectivity index (χ2n) is 14.3. The molecular formula is C42H40. The molecule has 0 saturated carbocycles. The first-order chi connectivity index (χ1) is 19.9. The summed E-state index contributed by atoms with van der Waals surface area (Å²) in [5.41, 5.74) is 5.49. The Morgan fingerprint density at radius 1 is 0.333 bits per heavy atom. The van der Waals surface area contributed by atoms with Gasteiger partial charge in [0.25, 0.3) is 0 Å². The number of rotatable bonds is 0. The standard InChI is InChI=1S/C42H40/c1-25-27-17-18-28-20-30(42(6,7)8)22-36(26(28)2)40-24-38-34-16-12-10-14-32(34)31-13-9-11-15-33(31)37(38)23-39(40)35(25)21-29(19-27)41(3,4)5/h9-24H,1-8H3. The highest BCUT2D eigenvalue weighted by Gasteiger charge is 2.19. The highest BCUT2D eigenvalue weighted by atomic mass is 14.2. The van der Waals surface area contributed by atoms with Gasteiger partial charge in [0.2, 0.25) is 0 Å². The molecule has 0 aliphatic heterocycles. The van der Waals surface area contributed by atoms with Gasteiger partial charge in [-0.15, -0.1) is 0 Å². The Hall–Kier alpha value is -4.16. The summed E-state index contributed by atoms with van der Waals surface area (Å²) in [6.45, 7) is 18.5. The minimum atomic E-state index is 0.0404. The zero-order chi connectivity index (χ0) is 29.6. The van der Waals surface area contributed by atoms with Gasteiger partial charge in [0.05, 0.1) is 0 Å². The maximum Gasteiger partial charge on any atom is -0.00923 e. The van der Waals surface area contributed by atoms with Gasteiger partial charge in [-0.1, -0.05) is 126 Å². The molecule has 0 spiro atoms. The molecule has 0 aromatic heterocycles. The minimum absolute atomic E-state index is 0.0404. The van der Waals surface area contributed by atoms with Crippen LogP contribution < -0.4 is 0 Å². The molecule has 0 amide bonds. The van der Waals surface area contributed by atoms with Gasteiger partial charge in [0, 0.05) is 0 Å². The maximum absolute atomic E-state index is 2.51. The molecular weight excluding hydrogens is 504 g/mol. The number of fused-ring (bicyclic) bond motifs is 13. The average molecular weight is 545 g/mol. The van der Waals surface area contributed by atoms with Crippen molar-refractivity contribution in [1.29, 1.82) is 0 Å². The van der Waals surface area contributed by atoms with Gasteiger partial charge in [-0.25, -0.2) is 0 Å². The average Bonchev–Trinajstić information content (AvgIpc) is 2.95. The van der Waals surface area contributed by atoms with E-state index >= 15 is 0 Å². The highest BCUT2D eigenvalue weighted by molar-refractivity contribution is 6.29. The number of hydrogen-bond acceptors (Lipinski definition) is 0. The SMILES string of the molecule is Cc1c2ccc3cc(C(C)(C)C)cc(c3C)c3cc4c5ccccc5c5ccccc5c4cc3c1cc(C(C)(C)C)c2. The summed E-state index contributed by atoms with van der Waals surface area (Å²) in [6.07, 6.45) is 0. The summed E-state index contributed by atoms with van der Waals surface area (Å²) in [4.78, 5) is 0. The van der Waals surface area contributed by atoms with E-state index in [0.717, 1.165) is 0 Å². The Morgan fingerprint density at radius 3 is 0.976 bits per heavy atom. The van der Waals surface area contributed by atoms with Crippen LogP contribution in [0.4, 0.5) is 0 Å². The maximum atomic E-state index is 2.51. The molecule has 0 atom stereocenters. The van der Waals surface area contributed by atoms with Crippen LogP contribution in [0.25, 0.3) is 64.6 Å². The predicted molar refractivity (Wildman–Crippen MR) is 187 cm³/mol. The van der Waals surface area contributed by atoms with E-state index < -0.39 is 0 Å². The Kier molecular flexibility index (Phi) is 5.83. The van der Waals surface area contributed by atoms with Gasteiger partial charge in [-0.2, -0.15) is 0 Å². The molecule has 0 unspecified atom stereocenters. The zero-order valence-electron chi connectivity index (χ0n) is 26.2. The number of hydrogen-bond donors (Lipinski definition) is 0. The largest absolute Gasteiger partial charge is 0.0616 e. The van der Waals surface area contributed by atoms with Gasteiger partial charge in [-0.05, 0) is 124 Å². The third kappa shape index (κ3) is 4.11. The van der Waals surface area contributed by atoms with Crippen molar-refractivity contribution in [2.24, 2.45) is 0 Å². The minimum Gasteiger partial charge on any atom is -0.0616 e. The van der Waals surface area contributed by atoms with Gasteiger partial charge in [0.15, 0.2) is 0 Å². The normalized spacial score (nSPS) is 12.8. The zero-order valence-corrected chi connectivity index (χ0v) is 26.2. The van der Waals surface area contributed by atoms with Crippen molar-refractivity contribution in [3.05, 3.63) is 119 Å². The Labute approximate surface area is 249 Å². The molecule has 0 radical (unpaired) electrons. The molecule has 0 aliphatic rings. The second-order valence-corrected chi connectivity index (χ2v) is 14.3. The molecule has 0 N–H and O–H groups in total. The number of benzene rings is 6. The van der Waals surface area contributed by atoms with Crippen LogP contribution in [0.1, 0.15) is 63.8 Å². The van der Waals surface area contributed by atoms with Crippen LogP contribution in [-0.4, -0.2) is 0 Å². The lowest BCUT2D eigenvalue weighted by Gasteiger charge is -2.22. The topological polar surface area (TPSA) is 0 Å². The molecule has 7 rings (SSSR count). The van der Waals surface area contributed by atoms with E-state index in [2.05, 4.69) is 152 Å². The van der Waals surface area contributed by atoms with Gasteiger partial charge < -0.3 is 0 Å². The lowest BCUT2D eigenvalue weighted by atomic mass is 9.82. The molecule has 0 heterocycles. The van der Waals surface area contributed by atoms with Crippen LogP contribution in [0.2, 0.25) is 0 Å². The lowest BCUT2D eigenvalue weighted by molar-refractivity contribution is 0.591. The summed E-state index contributed by atoms with van der Waals surface area (Å²) >= 11 is 0. The van der Waals surface area contributed by atoms with Crippen LogP contribution in [0.5, 0.6) is 0 Å². The fourth-order valence-electron chi connectivity index (χ4n) is 6.82. The van der Waals surface area contributed by atoms with E-state index in [0.29, 0.717) is 0 Å². The van der Waals surface area contributed by atoms with E-state index in [1.165, 1.54) is 86.9 Å². The van der Waals surface area contributed by atoms with Crippen LogP contribution in [0.3, 0.4) is 0 Å². The van der Waals surface area contributed by atoms with Crippen molar-refractivity contribution in [2.45, 2.75) is 66.2 Å². The third-order valence-corrected chi connectivity index (χ3v) is 9.53. The van der Waals surface area contributed by atoms with Crippen molar-refractivity contribution in [2.75, 3.05) is 0 Å². The second kappa shape index (κ2) is 9.17. The Bertz CT molecular complexity index is 2100. The predicted octanol–water partition coefficient (Wildman–Crippen LogP) is 12.4. The first-order valence-corrected chi connectivity index (χ1v) is 15.3. The van der Waals surface area contributed by atoms with Crippen LogP contribution >= 0.6 is 0 Å². The summed E-state index contributed by atoms with van der Waals surface area (Å²) in [7, 11) is 0. The molecule has 0 aliphatic carbocycles. The summed E-state index contributed by atoms with van der Waals surface area (Å²) in [5.74, 6) is 0. The molecule has 7 aromatic rings. The molecule has 0 saturated heterocycles. The fraction of sp³-hybridized carbons (Fsp3) is 0.238. The first-order valence-electron chi connectivity index (χ1n) is 15.3. The Balaban J connectivity index is 1.86. The van der Waals surface area contributed by atoms with Crippen LogP contribution in [0.15, 0.2) is 97.1 Å². The van der Waals surface area contributed by atoms with Crippen molar-refractivity contribution in [3.63, 3.8) is 0 Å². The van der Waals surface area contributed by atoms with Gasteiger partial charge in [-0.3, -0.25) is 0 Å².